The van der Waals surface area contributed by atoms with Gasteiger partial charge in [0.2, 0.25) is 5.91 Å². The third-order valence-corrected chi connectivity index (χ3v) is 3.76. The molecule has 0 unspecified atom stereocenters. The highest BCUT2D eigenvalue weighted by molar-refractivity contribution is 6.44. The molecular weight excluding hydrogens is 329 g/mol. The first-order chi connectivity index (χ1) is 11.8. The molecule has 1 fully saturated rings. The van der Waals surface area contributed by atoms with Crippen molar-refractivity contribution in [1.29, 1.82) is 0 Å². The Morgan fingerprint density at radius 1 is 1.16 bits per heavy atom. The van der Waals surface area contributed by atoms with E-state index in [2.05, 4.69) is 5.32 Å². The topological polar surface area (TPSA) is 86.8 Å². The first-order valence-corrected chi connectivity index (χ1v) is 7.67. The molecule has 1 N–H and O–H groups in total. The van der Waals surface area contributed by atoms with E-state index in [9.17, 15) is 23.6 Å². The lowest BCUT2D eigenvalue weighted by Gasteiger charge is -2.12. The first kappa shape index (κ1) is 18.3. The molecule has 0 saturated carbocycles. The molecule has 25 heavy (non-hydrogen) atoms. The zero-order valence-corrected chi connectivity index (χ0v) is 13.9. The summed E-state index contributed by atoms with van der Waals surface area (Å²) >= 11 is 0. The van der Waals surface area contributed by atoms with Gasteiger partial charge in [0.15, 0.2) is 0 Å². The van der Waals surface area contributed by atoms with E-state index in [-0.39, 0.29) is 24.8 Å². The zero-order valence-electron chi connectivity index (χ0n) is 13.9. The number of halogens is 1. The van der Waals surface area contributed by atoms with Gasteiger partial charge in [-0.1, -0.05) is 12.1 Å². The van der Waals surface area contributed by atoms with Crippen LogP contribution in [0.3, 0.4) is 0 Å². The fourth-order valence-corrected chi connectivity index (χ4v) is 2.30. The van der Waals surface area contributed by atoms with E-state index < -0.39 is 17.8 Å². The second kappa shape index (κ2) is 7.69. The molecule has 7 nitrogen and oxygen atoms in total. The zero-order chi connectivity index (χ0) is 18.6. The third kappa shape index (κ3) is 4.28. The number of likely N-dealkylation sites (N-methyl/N-ethyl adjacent to an activating group) is 1. The predicted octanol–water partition coefficient (Wildman–Crippen LogP) is 1.16. The van der Waals surface area contributed by atoms with Crippen molar-refractivity contribution < 1.29 is 23.6 Å². The molecule has 1 aliphatic heterocycles. The molecule has 1 aromatic rings. The Balaban J connectivity index is 1.80. The number of hydrogen-bond donors (Lipinski definition) is 1. The van der Waals surface area contributed by atoms with E-state index in [0.29, 0.717) is 12.0 Å². The van der Waals surface area contributed by atoms with Crippen molar-refractivity contribution >= 4 is 29.3 Å². The highest BCUT2D eigenvalue weighted by Crippen LogP contribution is 2.14. The molecule has 0 atom stereocenters. The normalized spacial score (nSPS) is 15.2. The van der Waals surface area contributed by atoms with Gasteiger partial charge in [0.1, 0.15) is 5.82 Å². The number of urea groups is 1. The van der Waals surface area contributed by atoms with Crippen molar-refractivity contribution in [2.75, 3.05) is 20.1 Å². The Bertz CT molecular complexity index is 743. The molecule has 8 heteroatoms. The number of nitrogens with one attached hydrogen (secondary N) is 1. The maximum Gasteiger partial charge on any atom is 0.333 e. The number of nitrogens with zero attached hydrogens (tertiary/aromatic N) is 2. The molecule has 2 rings (SSSR count). The second-order valence-electron chi connectivity index (χ2n) is 5.58. The van der Waals surface area contributed by atoms with E-state index in [1.807, 2.05) is 0 Å². The van der Waals surface area contributed by atoms with Gasteiger partial charge >= 0.3 is 17.8 Å². The summed E-state index contributed by atoms with van der Waals surface area (Å²) in [5.41, 5.74) is 1.40. The molecule has 1 aliphatic rings. The minimum absolute atomic E-state index is 0.0503. The third-order valence-electron chi connectivity index (χ3n) is 3.76. The van der Waals surface area contributed by atoms with Crippen LogP contribution < -0.4 is 5.32 Å². The largest absolute Gasteiger partial charge is 0.352 e. The SMILES string of the molecule is CC(=CC(=O)NCCCN1C(=O)C(=O)N(C)C1=O)c1ccc(F)cc1. The summed E-state index contributed by atoms with van der Waals surface area (Å²) in [5.74, 6) is -2.40. The van der Waals surface area contributed by atoms with Gasteiger partial charge in [-0.05, 0) is 36.6 Å². The Kier molecular flexibility index (Phi) is 5.63. The fourth-order valence-electron chi connectivity index (χ4n) is 2.30. The lowest BCUT2D eigenvalue weighted by atomic mass is 10.1. The van der Waals surface area contributed by atoms with Crippen LogP contribution in [-0.2, 0) is 14.4 Å². The monoisotopic (exact) mass is 347 g/mol. The van der Waals surface area contributed by atoms with E-state index in [0.717, 1.165) is 15.4 Å². The summed E-state index contributed by atoms with van der Waals surface area (Å²) in [6.45, 7) is 2.02. The van der Waals surface area contributed by atoms with Gasteiger partial charge in [-0.25, -0.2) is 9.18 Å². The van der Waals surface area contributed by atoms with Crippen molar-refractivity contribution in [2.45, 2.75) is 13.3 Å². The Morgan fingerprint density at radius 2 is 1.80 bits per heavy atom. The van der Waals surface area contributed by atoms with Gasteiger partial charge in [0.25, 0.3) is 0 Å². The molecule has 1 aromatic carbocycles. The quantitative estimate of drug-likeness (QED) is 0.362. The fraction of sp³-hybridized carbons (Fsp3) is 0.294. The van der Waals surface area contributed by atoms with Crippen LogP contribution in [0.25, 0.3) is 5.57 Å². The Hall–Kier alpha value is -3.03. The molecule has 0 spiro atoms. The van der Waals surface area contributed by atoms with Gasteiger partial charge in [0, 0.05) is 26.2 Å². The lowest BCUT2D eigenvalue weighted by molar-refractivity contribution is -0.142. The van der Waals surface area contributed by atoms with Gasteiger partial charge in [-0.2, -0.15) is 0 Å². The molecule has 1 saturated heterocycles. The molecule has 0 aliphatic carbocycles. The maximum atomic E-state index is 12.9. The number of imide groups is 2. The number of amides is 5. The summed E-state index contributed by atoms with van der Waals surface area (Å²) in [6.07, 6.45) is 1.71. The summed E-state index contributed by atoms with van der Waals surface area (Å²) in [4.78, 5) is 48.1. The Morgan fingerprint density at radius 3 is 2.36 bits per heavy atom. The molecule has 0 bridgehead atoms. The molecular formula is C17H18FN3O4. The van der Waals surface area contributed by atoms with E-state index in [1.165, 1.54) is 25.3 Å². The minimum Gasteiger partial charge on any atom is -0.352 e. The molecule has 5 amide bonds. The average Bonchev–Trinajstić information content (AvgIpc) is 2.76. The highest BCUT2D eigenvalue weighted by Gasteiger charge is 2.41. The Labute approximate surface area is 144 Å². The summed E-state index contributed by atoms with van der Waals surface area (Å²) in [7, 11) is 1.24. The number of carbonyl (C=O) groups excluding carboxylic acids is 4. The van der Waals surface area contributed by atoms with E-state index in [1.54, 1.807) is 19.1 Å². The maximum absolute atomic E-state index is 12.9. The highest BCUT2D eigenvalue weighted by atomic mass is 19.1. The minimum atomic E-state index is -0.856. The van der Waals surface area contributed by atoms with Crippen LogP contribution in [0.2, 0.25) is 0 Å². The number of rotatable bonds is 6. The van der Waals surface area contributed by atoms with E-state index in [4.69, 9.17) is 0 Å². The molecule has 0 radical (unpaired) electrons. The molecule has 0 aromatic heterocycles. The average molecular weight is 347 g/mol. The van der Waals surface area contributed by atoms with Gasteiger partial charge in [0.05, 0.1) is 0 Å². The van der Waals surface area contributed by atoms with Crippen LogP contribution in [0.4, 0.5) is 9.18 Å². The first-order valence-electron chi connectivity index (χ1n) is 7.67. The van der Waals surface area contributed by atoms with Crippen molar-refractivity contribution in [1.82, 2.24) is 15.1 Å². The lowest BCUT2D eigenvalue weighted by Crippen LogP contribution is -2.34. The van der Waals surface area contributed by atoms with Crippen LogP contribution in [0.1, 0.15) is 18.9 Å². The van der Waals surface area contributed by atoms with Gasteiger partial charge in [-0.3, -0.25) is 24.2 Å². The van der Waals surface area contributed by atoms with Crippen molar-refractivity contribution in [3.63, 3.8) is 0 Å². The second-order valence-corrected chi connectivity index (χ2v) is 5.58. The van der Waals surface area contributed by atoms with Crippen LogP contribution in [-0.4, -0.2) is 53.7 Å². The number of benzene rings is 1. The molecule has 132 valence electrons. The van der Waals surface area contributed by atoms with Crippen molar-refractivity contribution in [3.05, 3.63) is 41.7 Å². The summed E-state index contributed by atoms with van der Waals surface area (Å²) < 4.78 is 12.9. The van der Waals surface area contributed by atoms with Gasteiger partial charge < -0.3 is 5.32 Å². The summed E-state index contributed by atoms with van der Waals surface area (Å²) in [5, 5.41) is 2.63. The molecule has 1 heterocycles. The van der Waals surface area contributed by atoms with Crippen LogP contribution in [0.5, 0.6) is 0 Å². The number of hydrogen-bond acceptors (Lipinski definition) is 4. The van der Waals surface area contributed by atoms with Crippen LogP contribution in [0.15, 0.2) is 30.3 Å². The smallest absolute Gasteiger partial charge is 0.333 e. The van der Waals surface area contributed by atoms with Crippen molar-refractivity contribution in [2.24, 2.45) is 0 Å². The standard InChI is InChI=1S/C17H18FN3O4/c1-11(12-4-6-13(18)7-5-12)10-14(22)19-8-3-9-21-16(24)15(23)20(2)17(21)25/h4-7,10H,3,8-9H2,1-2H3,(H,19,22). The van der Waals surface area contributed by atoms with E-state index >= 15 is 0 Å². The summed E-state index contributed by atoms with van der Waals surface area (Å²) in [6, 6.07) is 5.12. The number of carbonyl (C=O) groups is 4. The van der Waals surface area contributed by atoms with Crippen LogP contribution in [0, 0.1) is 5.82 Å². The number of allylic oxidation sites excluding steroid dienone is 1. The van der Waals surface area contributed by atoms with Crippen molar-refractivity contribution in [3.8, 4) is 0 Å². The van der Waals surface area contributed by atoms with Crippen LogP contribution >= 0.6 is 0 Å². The predicted molar refractivity (Wildman–Crippen MR) is 87.6 cm³/mol. The van der Waals surface area contributed by atoms with Gasteiger partial charge in [-0.15, -0.1) is 0 Å².